The number of fused-ring (bicyclic) bond motifs is 1. The second-order valence-electron chi connectivity index (χ2n) is 5.55. The zero-order chi connectivity index (χ0) is 17.8. The van der Waals surface area contributed by atoms with Crippen LogP contribution in [0.4, 0.5) is 5.69 Å². The largest absolute Gasteiger partial charge is 0.485 e. The van der Waals surface area contributed by atoms with Gasteiger partial charge in [0.15, 0.2) is 11.5 Å². The lowest BCUT2D eigenvalue weighted by Gasteiger charge is -2.25. The Bertz CT molecular complexity index is 802. The second-order valence-corrected chi connectivity index (χ2v) is 5.55. The second kappa shape index (κ2) is 7.25. The Kier molecular flexibility index (Phi) is 4.88. The van der Waals surface area contributed by atoms with Crippen molar-refractivity contribution < 1.29 is 23.8 Å². The van der Waals surface area contributed by atoms with Crippen molar-refractivity contribution in [1.82, 2.24) is 0 Å². The minimum Gasteiger partial charge on any atom is -0.485 e. The Hall–Kier alpha value is -3.02. The molecular weight excluding hydrogens is 322 g/mol. The van der Waals surface area contributed by atoms with E-state index in [1.807, 2.05) is 12.1 Å². The molecule has 2 aromatic carbocycles. The van der Waals surface area contributed by atoms with Crippen molar-refractivity contribution in [2.24, 2.45) is 0 Å². The number of ether oxygens (including phenoxy) is 3. The molecule has 3 rings (SSSR count). The van der Waals surface area contributed by atoms with Gasteiger partial charge in [0, 0.05) is 5.69 Å². The van der Waals surface area contributed by atoms with Crippen LogP contribution in [-0.2, 0) is 9.53 Å². The first-order valence-electron chi connectivity index (χ1n) is 8.06. The van der Waals surface area contributed by atoms with Gasteiger partial charge in [0.1, 0.15) is 6.61 Å². The number of carbonyl (C=O) groups excluding carboxylic acids is 2. The van der Waals surface area contributed by atoms with Crippen LogP contribution in [0.15, 0.2) is 42.5 Å². The maximum absolute atomic E-state index is 12.5. The molecule has 0 aliphatic carbocycles. The standard InChI is InChI=1S/C19H19NO5/c1-3-23-19(22)13-7-6-8-14(12(13)2)20-18(21)17-11-24-15-9-4-5-10-16(15)25-17/h4-10,17H,3,11H2,1-2H3,(H,20,21). The van der Waals surface area contributed by atoms with Crippen LogP contribution >= 0.6 is 0 Å². The molecule has 0 aromatic heterocycles. The lowest BCUT2D eigenvalue weighted by atomic mass is 10.1. The molecule has 0 bridgehead atoms. The molecule has 25 heavy (non-hydrogen) atoms. The summed E-state index contributed by atoms with van der Waals surface area (Å²) in [7, 11) is 0. The van der Waals surface area contributed by atoms with Gasteiger partial charge in [-0.25, -0.2) is 4.79 Å². The fourth-order valence-electron chi connectivity index (χ4n) is 2.56. The van der Waals surface area contributed by atoms with Crippen LogP contribution in [0.2, 0.25) is 0 Å². The van der Waals surface area contributed by atoms with Gasteiger partial charge in [-0.05, 0) is 43.7 Å². The molecule has 1 unspecified atom stereocenters. The molecule has 6 nitrogen and oxygen atoms in total. The summed E-state index contributed by atoms with van der Waals surface area (Å²) in [5.74, 6) is 0.402. The van der Waals surface area contributed by atoms with Crippen molar-refractivity contribution in [3.8, 4) is 11.5 Å². The van der Waals surface area contributed by atoms with E-state index in [4.69, 9.17) is 14.2 Å². The molecule has 0 radical (unpaired) electrons. The minimum atomic E-state index is -0.763. The van der Waals surface area contributed by atoms with Crippen molar-refractivity contribution in [2.75, 3.05) is 18.5 Å². The van der Waals surface area contributed by atoms with Gasteiger partial charge in [-0.2, -0.15) is 0 Å². The first kappa shape index (κ1) is 16.8. The maximum atomic E-state index is 12.5. The molecule has 1 amide bonds. The summed E-state index contributed by atoms with van der Waals surface area (Å²) in [4.78, 5) is 24.5. The molecule has 1 heterocycles. The summed E-state index contributed by atoms with van der Waals surface area (Å²) in [6.45, 7) is 3.92. The van der Waals surface area contributed by atoms with E-state index < -0.39 is 12.1 Å². The van der Waals surface area contributed by atoms with E-state index in [0.29, 0.717) is 34.9 Å². The molecule has 0 spiro atoms. The van der Waals surface area contributed by atoms with Crippen LogP contribution < -0.4 is 14.8 Å². The zero-order valence-electron chi connectivity index (χ0n) is 14.1. The van der Waals surface area contributed by atoms with Gasteiger partial charge in [-0.1, -0.05) is 18.2 Å². The first-order chi connectivity index (χ1) is 12.1. The van der Waals surface area contributed by atoms with E-state index in [1.165, 1.54) is 0 Å². The van der Waals surface area contributed by atoms with Gasteiger partial charge in [0.25, 0.3) is 5.91 Å². The normalized spacial score (nSPS) is 15.4. The number of hydrogen-bond donors (Lipinski definition) is 1. The predicted molar refractivity (Wildman–Crippen MR) is 92.1 cm³/mol. The molecule has 1 N–H and O–H groups in total. The number of para-hydroxylation sites is 2. The van der Waals surface area contributed by atoms with E-state index in [2.05, 4.69) is 5.32 Å². The number of nitrogens with one attached hydrogen (secondary N) is 1. The molecule has 2 aromatic rings. The third-order valence-corrected chi connectivity index (χ3v) is 3.89. The summed E-state index contributed by atoms with van der Waals surface area (Å²) >= 11 is 0. The molecule has 1 atom stereocenters. The number of carbonyl (C=O) groups is 2. The number of anilines is 1. The van der Waals surface area contributed by atoms with Crippen molar-refractivity contribution in [1.29, 1.82) is 0 Å². The van der Waals surface area contributed by atoms with Crippen molar-refractivity contribution in [3.63, 3.8) is 0 Å². The van der Waals surface area contributed by atoms with Crippen molar-refractivity contribution >= 4 is 17.6 Å². The van der Waals surface area contributed by atoms with Crippen LogP contribution in [0.25, 0.3) is 0 Å². The average molecular weight is 341 g/mol. The number of esters is 1. The van der Waals surface area contributed by atoms with Crippen LogP contribution in [0.5, 0.6) is 11.5 Å². The topological polar surface area (TPSA) is 73.9 Å². The van der Waals surface area contributed by atoms with Gasteiger partial charge in [0.05, 0.1) is 12.2 Å². The third kappa shape index (κ3) is 3.57. The number of benzene rings is 2. The summed E-state index contributed by atoms with van der Waals surface area (Å²) in [6.07, 6.45) is -0.763. The highest BCUT2D eigenvalue weighted by molar-refractivity contribution is 5.98. The van der Waals surface area contributed by atoms with Gasteiger partial charge >= 0.3 is 5.97 Å². The Balaban J connectivity index is 1.74. The van der Waals surface area contributed by atoms with E-state index >= 15 is 0 Å². The lowest BCUT2D eigenvalue weighted by molar-refractivity contribution is -0.125. The third-order valence-electron chi connectivity index (χ3n) is 3.89. The fraction of sp³-hybridized carbons (Fsp3) is 0.263. The van der Waals surface area contributed by atoms with E-state index in [1.54, 1.807) is 44.2 Å². The molecule has 0 saturated heterocycles. The first-order valence-corrected chi connectivity index (χ1v) is 8.06. The van der Waals surface area contributed by atoms with Gasteiger partial charge < -0.3 is 19.5 Å². The van der Waals surface area contributed by atoms with Gasteiger partial charge in [0.2, 0.25) is 6.10 Å². The quantitative estimate of drug-likeness (QED) is 0.866. The van der Waals surface area contributed by atoms with Crippen LogP contribution in [0.3, 0.4) is 0 Å². The van der Waals surface area contributed by atoms with Crippen molar-refractivity contribution in [2.45, 2.75) is 20.0 Å². The molecular formula is C19H19NO5. The Morgan fingerprint density at radius 3 is 2.68 bits per heavy atom. The molecule has 1 aliphatic heterocycles. The SMILES string of the molecule is CCOC(=O)c1cccc(NC(=O)C2COc3ccccc3O2)c1C. The Morgan fingerprint density at radius 2 is 1.92 bits per heavy atom. The average Bonchev–Trinajstić information content (AvgIpc) is 2.63. The molecule has 6 heteroatoms. The maximum Gasteiger partial charge on any atom is 0.338 e. The highest BCUT2D eigenvalue weighted by Gasteiger charge is 2.28. The Morgan fingerprint density at radius 1 is 1.16 bits per heavy atom. The fourth-order valence-corrected chi connectivity index (χ4v) is 2.56. The van der Waals surface area contributed by atoms with Crippen LogP contribution in [0, 0.1) is 6.92 Å². The highest BCUT2D eigenvalue weighted by Crippen LogP contribution is 2.31. The summed E-state index contributed by atoms with van der Waals surface area (Å²) < 4.78 is 16.3. The number of amides is 1. The van der Waals surface area contributed by atoms with E-state index in [9.17, 15) is 9.59 Å². The number of hydrogen-bond acceptors (Lipinski definition) is 5. The highest BCUT2D eigenvalue weighted by atomic mass is 16.6. The van der Waals surface area contributed by atoms with Crippen LogP contribution in [0.1, 0.15) is 22.8 Å². The summed E-state index contributed by atoms with van der Waals surface area (Å²) in [5.41, 5.74) is 1.61. The van der Waals surface area contributed by atoms with E-state index in [0.717, 1.165) is 0 Å². The van der Waals surface area contributed by atoms with Crippen LogP contribution in [-0.4, -0.2) is 31.2 Å². The van der Waals surface area contributed by atoms with E-state index in [-0.39, 0.29) is 12.5 Å². The van der Waals surface area contributed by atoms with Crippen molar-refractivity contribution in [3.05, 3.63) is 53.6 Å². The number of rotatable bonds is 4. The van der Waals surface area contributed by atoms with Gasteiger partial charge in [-0.15, -0.1) is 0 Å². The molecule has 1 aliphatic rings. The smallest absolute Gasteiger partial charge is 0.338 e. The minimum absolute atomic E-state index is 0.124. The molecule has 0 saturated carbocycles. The molecule has 130 valence electrons. The molecule has 0 fully saturated rings. The predicted octanol–water partition coefficient (Wildman–Crippen LogP) is 2.95. The van der Waals surface area contributed by atoms with Gasteiger partial charge in [-0.3, -0.25) is 4.79 Å². The summed E-state index contributed by atoms with van der Waals surface area (Å²) in [6, 6.07) is 12.3. The zero-order valence-corrected chi connectivity index (χ0v) is 14.1. The lowest BCUT2D eigenvalue weighted by Crippen LogP contribution is -2.40. The monoisotopic (exact) mass is 341 g/mol. The Labute approximate surface area is 145 Å². The summed E-state index contributed by atoms with van der Waals surface area (Å²) in [5, 5.41) is 2.80.